The van der Waals surface area contributed by atoms with Crippen molar-refractivity contribution in [1.82, 2.24) is 9.62 Å². The van der Waals surface area contributed by atoms with Gasteiger partial charge in [-0.2, -0.15) is 4.31 Å². The molecule has 2 aromatic carbocycles. The maximum atomic E-state index is 13.4. The Kier molecular flexibility index (Phi) is 7.91. The molecule has 30 heavy (non-hydrogen) atoms. The lowest BCUT2D eigenvalue weighted by atomic mass is 9.95. The van der Waals surface area contributed by atoms with Crippen molar-refractivity contribution in [3.63, 3.8) is 0 Å². The van der Waals surface area contributed by atoms with Gasteiger partial charge in [0.15, 0.2) is 0 Å². The van der Waals surface area contributed by atoms with E-state index >= 15 is 0 Å². The number of halogens is 1. The van der Waals surface area contributed by atoms with Crippen LogP contribution in [0.5, 0.6) is 5.75 Å². The number of carbonyl (C=O) groups excluding carboxylic acids is 1. The van der Waals surface area contributed by atoms with Crippen molar-refractivity contribution in [1.29, 1.82) is 0 Å². The van der Waals surface area contributed by atoms with E-state index in [1.165, 1.54) is 4.31 Å². The summed E-state index contributed by atoms with van der Waals surface area (Å²) in [5.41, 5.74) is 0.841. The highest BCUT2D eigenvalue weighted by Crippen LogP contribution is 2.28. The third-order valence-corrected chi connectivity index (χ3v) is 7.81. The largest absolute Gasteiger partial charge is 0.496 e. The first-order valence-corrected chi connectivity index (χ1v) is 12.3. The van der Waals surface area contributed by atoms with Gasteiger partial charge in [0, 0.05) is 22.6 Å². The quantitative estimate of drug-likeness (QED) is 0.599. The summed E-state index contributed by atoms with van der Waals surface area (Å²) in [6.45, 7) is 0.0812. The highest BCUT2D eigenvalue weighted by molar-refractivity contribution is 9.10. The molecule has 1 N–H and O–H groups in total. The summed E-state index contributed by atoms with van der Waals surface area (Å²) >= 11 is 3.34. The van der Waals surface area contributed by atoms with Gasteiger partial charge in [0.25, 0.3) is 0 Å². The number of carbonyl (C=O) groups is 1. The Morgan fingerprint density at radius 1 is 1.10 bits per heavy atom. The van der Waals surface area contributed by atoms with Crippen molar-refractivity contribution in [3.05, 3.63) is 58.6 Å². The highest BCUT2D eigenvalue weighted by Gasteiger charge is 2.33. The van der Waals surface area contributed by atoms with E-state index in [9.17, 15) is 13.2 Å². The molecule has 0 heterocycles. The summed E-state index contributed by atoms with van der Waals surface area (Å²) in [6.07, 6.45) is 4.59. The second-order valence-electron chi connectivity index (χ2n) is 7.38. The van der Waals surface area contributed by atoms with Gasteiger partial charge in [-0.25, -0.2) is 8.42 Å². The molecule has 0 saturated heterocycles. The maximum Gasteiger partial charge on any atom is 0.243 e. The molecule has 0 bridgehead atoms. The van der Waals surface area contributed by atoms with E-state index in [2.05, 4.69) is 21.2 Å². The lowest BCUT2D eigenvalue weighted by molar-refractivity contribution is -0.121. The van der Waals surface area contributed by atoms with Gasteiger partial charge in [0.05, 0.1) is 18.6 Å². The standard InChI is InChI=1S/C22H27BrN2O4S/c1-29-21-10-6-5-7-17(21)15-24-22(26)16-25(19-8-3-2-4-9-19)30(27,28)20-13-11-18(23)12-14-20/h5-7,10-14,19H,2-4,8-9,15-16H2,1H3,(H,24,26). The molecule has 0 unspecified atom stereocenters. The third kappa shape index (κ3) is 5.62. The molecular formula is C22H27BrN2O4S. The first-order valence-electron chi connectivity index (χ1n) is 10.1. The summed E-state index contributed by atoms with van der Waals surface area (Å²) < 4.78 is 34.2. The van der Waals surface area contributed by atoms with E-state index < -0.39 is 10.0 Å². The van der Waals surface area contributed by atoms with Crippen molar-refractivity contribution >= 4 is 31.9 Å². The molecule has 1 saturated carbocycles. The number of amides is 1. The predicted molar refractivity (Wildman–Crippen MR) is 120 cm³/mol. The summed E-state index contributed by atoms with van der Waals surface area (Å²) in [5, 5.41) is 2.84. The molecule has 162 valence electrons. The lowest BCUT2D eigenvalue weighted by Crippen LogP contribution is -2.46. The minimum Gasteiger partial charge on any atom is -0.496 e. The van der Waals surface area contributed by atoms with Crippen LogP contribution in [0.15, 0.2) is 57.9 Å². The lowest BCUT2D eigenvalue weighted by Gasteiger charge is -2.33. The van der Waals surface area contributed by atoms with Crippen molar-refractivity contribution < 1.29 is 17.9 Å². The number of nitrogens with zero attached hydrogens (tertiary/aromatic N) is 1. The fourth-order valence-corrected chi connectivity index (χ4v) is 5.67. The highest BCUT2D eigenvalue weighted by atomic mass is 79.9. The number of hydrogen-bond acceptors (Lipinski definition) is 4. The minimum atomic E-state index is -3.78. The van der Waals surface area contributed by atoms with Crippen LogP contribution in [0.2, 0.25) is 0 Å². The molecule has 0 radical (unpaired) electrons. The van der Waals surface area contributed by atoms with Crippen LogP contribution in [0.1, 0.15) is 37.7 Å². The van der Waals surface area contributed by atoms with Crippen LogP contribution in [0.25, 0.3) is 0 Å². The number of hydrogen-bond donors (Lipinski definition) is 1. The number of sulfonamides is 1. The maximum absolute atomic E-state index is 13.4. The Bertz CT molecular complexity index is 957. The number of ether oxygens (including phenoxy) is 1. The summed E-state index contributed by atoms with van der Waals surface area (Å²) in [7, 11) is -2.20. The normalized spacial score (nSPS) is 15.2. The molecule has 6 nitrogen and oxygen atoms in total. The predicted octanol–water partition coefficient (Wildman–Crippen LogP) is 4.10. The van der Waals surface area contributed by atoms with Crippen LogP contribution in [0, 0.1) is 0 Å². The fraction of sp³-hybridized carbons (Fsp3) is 0.409. The van der Waals surface area contributed by atoms with Gasteiger partial charge in [-0.3, -0.25) is 4.79 Å². The number of rotatable bonds is 8. The second kappa shape index (κ2) is 10.4. The van der Waals surface area contributed by atoms with Gasteiger partial charge in [-0.15, -0.1) is 0 Å². The molecule has 0 atom stereocenters. The van der Waals surface area contributed by atoms with Gasteiger partial charge < -0.3 is 10.1 Å². The van der Waals surface area contributed by atoms with Crippen LogP contribution in [-0.4, -0.2) is 38.3 Å². The van der Waals surface area contributed by atoms with Crippen molar-refractivity contribution in [2.24, 2.45) is 0 Å². The van der Waals surface area contributed by atoms with Gasteiger partial charge >= 0.3 is 0 Å². The van der Waals surface area contributed by atoms with Crippen molar-refractivity contribution in [2.45, 2.75) is 49.6 Å². The molecule has 1 aliphatic rings. The summed E-state index contributed by atoms with van der Waals surface area (Å²) in [5.74, 6) is 0.358. The van der Waals surface area contributed by atoms with E-state index in [0.29, 0.717) is 5.75 Å². The first kappa shape index (κ1) is 22.8. The Labute approximate surface area is 186 Å². The Hall–Kier alpha value is -1.90. The average Bonchev–Trinajstić information content (AvgIpc) is 2.77. The van der Waals surface area contributed by atoms with Gasteiger partial charge in [0.2, 0.25) is 15.9 Å². The molecule has 1 aliphatic carbocycles. The molecule has 1 amide bonds. The fourth-order valence-electron chi connectivity index (χ4n) is 3.76. The molecule has 0 aromatic heterocycles. The Morgan fingerprint density at radius 3 is 2.43 bits per heavy atom. The van der Waals surface area contributed by atoms with E-state index in [1.807, 2.05) is 24.3 Å². The Morgan fingerprint density at radius 2 is 1.77 bits per heavy atom. The summed E-state index contributed by atoms with van der Waals surface area (Å²) in [4.78, 5) is 12.9. The van der Waals surface area contributed by atoms with E-state index in [1.54, 1.807) is 31.4 Å². The zero-order valence-electron chi connectivity index (χ0n) is 17.0. The second-order valence-corrected chi connectivity index (χ2v) is 10.2. The number of para-hydroxylation sites is 1. The monoisotopic (exact) mass is 494 g/mol. The topological polar surface area (TPSA) is 75.7 Å². The Balaban J connectivity index is 1.77. The zero-order valence-corrected chi connectivity index (χ0v) is 19.4. The molecule has 8 heteroatoms. The smallest absolute Gasteiger partial charge is 0.243 e. The number of methoxy groups -OCH3 is 1. The molecule has 3 rings (SSSR count). The average molecular weight is 495 g/mol. The molecule has 0 aliphatic heterocycles. The van der Waals surface area contributed by atoms with Crippen LogP contribution in [-0.2, 0) is 21.4 Å². The van der Waals surface area contributed by atoms with Crippen molar-refractivity contribution in [2.75, 3.05) is 13.7 Å². The van der Waals surface area contributed by atoms with Crippen LogP contribution >= 0.6 is 15.9 Å². The van der Waals surface area contributed by atoms with Crippen LogP contribution in [0.3, 0.4) is 0 Å². The first-order chi connectivity index (χ1) is 14.4. The van der Waals surface area contributed by atoms with Gasteiger partial charge in [0.1, 0.15) is 5.75 Å². The van der Waals surface area contributed by atoms with E-state index in [0.717, 1.165) is 42.1 Å². The molecule has 0 spiro atoms. The van der Waals surface area contributed by atoms with Crippen molar-refractivity contribution in [3.8, 4) is 5.75 Å². The molecular weight excluding hydrogens is 468 g/mol. The summed E-state index contributed by atoms with van der Waals surface area (Å²) in [6, 6.07) is 13.8. The van der Waals surface area contributed by atoms with Gasteiger partial charge in [-0.05, 0) is 43.2 Å². The number of nitrogens with one attached hydrogen (secondary N) is 1. The van der Waals surface area contributed by atoms with Gasteiger partial charge in [-0.1, -0.05) is 53.4 Å². The van der Waals surface area contributed by atoms with Crippen LogP contribution < -0.4 is 10.1 Å². The zero-order chi connectivity index (χ0) is 21.6. The third-order valence-electron chi connectivity index (χ3n) is 5.37. The SMILES string of the molecule is COc1ccccc1CNC(=O)CN(C1CCCCC1)S(=O)(=O)c1ccc(Br)cc1. The number of benzene rings is 2. The van der Waals surface area contributed by atoms with E-state index in [-0.39, 0.29) is 29.9 Å². The minimum absolute atomic E-state index is 0.163. The molecule has 1 fully saturated rings. The van der Waals surface area contributed by atoms with E-state index in [4.69, 9.17) is 4.74 Å². The molecule has 2 aromatic rings. The van der Waals surface area contributed by atoms with Crippen LogP contribution in [0.4, 0.5) is 0 Å².